The molecule has 3 rings (SSSR count). The fourth-order valence-electron chi connectivity index (χ4n) is 2.62. The second-order valence-corrected chi connectivity index (χ2v) is 4.63. The molecule has 0 saturated carbocycles. The maximum absolute atomic E-state index is 9.71. The molecule has 0 radical (unpaired) electrons. The summed E-state index contributed by atoms with van der Waals surface area (Å²) in [6.07, 6.45) is 3.03. The maximum Gasteiger partial charge on any atom is 0.138 e. The summed E-state index contributed by atoms with van der Waals surface area (Å²) in [6, 6.07) is 6.25. The number of benzene rings is 1. The Balaban J connectivity index is 0.00000108. The Morgan fingerprint density at radius 2 is 2.12 bits per heavy atom. The van der Waals surface area contributed by atoms with E-state index >= 15 is 0 Å². The second kappa shape index (κ2) is 5.25. The minimum Gasteiger partial charge on any atom is -0.486 e. The van der Waals surface area contributed by atoms with Gasteiger partial charge in [-0.25, -0.2) is 0 Å². The van der Waals surface area contributed by atoms with Crippen molar-refractivity contribution in [3.05, 3.63) is 29.3 Å². The van der Waals surface area contributed by atoms with E-state index in [9.17, 15) is 5.11 Å². The van der Waals surface area contributed by atoms with Gasteiger partial charge in [0.25, 0.3) is 0 Å². The van der Waals surface area contributed by atoms with Crippen LogP contribution in [0.15, 0.2) is 18.2 Å². The van der Waals surface area contributed by atoms with Crippen molar-refractivity contribution in [3.8, 4) is 5.75 Å². The number of aliphatic hydroxyl groups is 1. The molecule has 0 amide bonds. The molecule has 1 aromatic carbocycles. The third kappa shape index (κ3) is 2.41. The highest BCUT2D eigenvalue weighted by Gasteiger charge is 2.28. The van der Waals surface area contributed by atoms with Crippen LogP contribution >= 0.6 is 12.4 Å². The van der Waals surface area contributed by atoms with Gasteiger partial charge in [0.1, 0.15) is 18.0 Å². The molecule has 3 nitrogen and oxygen atoms in total. The van der Waals surface area contributed by atoms with Crippen molar-refractivity contribution in [2.45, 2.75) is 31.5 Å². The van der Waals surface area contributed by atoms with Gasteiger partial charge in [-0.2, -0.15) is 0 Å². The number of rotatable bonds is 2. The topological polar surface area (TPSA) is 41.5 Å². The molecule has 1 heterocycles. The van der Waals surface area contributed by atoms with E-state index in [1.165, 1.54) is 17.5 Å². The molecular weight excluding hydrogens is 238 g/mol. The summed E-state index contributed by atoms with van der Waals surface area (Å²) < 4.78 is 5.92. The Kier molecular flexibility index (Phi) is 3.92. The predicted molar refractivity (Wildman–Crippen MR) is 69.0 cm³/mol. The van der Waals surface area contributed by atoms with Gasteiger partial charge in [-0.15, -0.1) is 12.4 Å². The zero-order chi connectivity index (χ0) is 11.0. The Morgan fingerprint density at radius 3 is 2.88 bits per heavy atom. The van der Waals surface area contributed by atoms with Crippen LogP contribution in [-0.4, -0.2) is 30.4 Å². The van der Waals surface area contributed by atoms with Crippen molar-refractivity contribution in [2.24, 2.45) is 0 Å². The van der Waals surface area contributed by atoms with Crippen molar-refractivity contribution >= 4 is 12.4 Å². The number of β-amino-alcohol motifs (C(OH)–C–C–N with tert-alkyl or cyclic N) is 1. The molecule has 2 aliphatic rings. The van der Waals surface area contributed by atoms with Gasteiger partial charge in [0.05, 0.1) is 0 Å². The van der Waals surface area contributed by atoms with Crippen LogP contribution in [-0.2, 0) is 12.8 Å². The average Bonchev–Trinajstić information content (AvgIpc) is 2.89. The van der Waals surface area contributed by atoms with Crippen molar-refractivity contribution < 1.29 is 9.84 Å². The Hall–Kier alpha value is -0.770. The van der Waals surface area contributed by atoms with Gasteiger partial charge in [0.2, 0.25) is 0 Å². The Bertz CT molecular complexity index is 397. The van der Waals surface area contributed by atoms with E-state index in [0.29, 0.717) is 6.54 Å². The van der Waals surface area contributed by atoms with Crippen LogP contribution in [0.5, 0.6) is 5.75 Å². The molecule has 0 aromatic heterocycles. The van der Waals surface area contributed by atoms with Crippen molar-refractivity contribution in [1.82, 2.24) is 5.32 Å². The van der Waals surface area contributed by atoms with Gasteiger partial charge >= 0.3 is 0 Å². The molecule has 1 aliphatic carbocycles. The van der Waals surface area contributed by atoms with Gasteiger partial charge < -0.3 is 15.2 Å². The fraction of sp³-hybridized carbons (Fsp3) is 0.538. The van der Waals surface area contributed by atoms with Gasteiger partial charge in [0.15, 0.2) is 0 Å². The molecule has 0 unspecified atom stereocenters. The Labute approximate surface area is 108 Å². The number of nitrogens with one attached hydrogen (secondary N) is 1. The Morgan fingerprint density at radius 1 is 1.24 bits per heavy atom. The van der Waals surface area contributed by atoms with Crippen LogP contribution in [0.3, 0.4) is 0 Å². The fourth-order valence-corrected chi connectivity index (χ4v) is 2.62. The summed E-state index contributed by atoms with van der Waals surface area (Å²) in [5.41, 5.74) is 2.76. The van der Waals surface area contributed by atoms with Crippen LogP contribution in [0.25, 0.3) is 0 Å². The van der Waals surface area contributed by atoms with E-state index in [2.05, 4.69) is 11.4 Å². The van der Waals surface area contributed by atoms with Crippen LogP contribution in [0.4, 0.5) is 0 Å². The predicted octanol–water partition coefficient (Wildman–Crippen LogP) is 1.31. The first-order chi connectivity index (χ1) is 7.84. The zero-order valence-electron chi connectivity index (χ0n) is 9.69. The standard InChI is InChI=1S/C13H17NO2.ClH/c15-11-7-14-8-13(11)16-12-6-2-4-9-3-1-5-10(9)12;/h2,4,6,11,13-15H,1,3,5,7-8H2;1H/t11-,13-;/m1./s1. The normalized spacial score (nSPS) is 26.4. The third-order valence-corrected chi connectivity index (χ3v) is 3.51. The number of ether oxygens (including phenoxy) is 1. The summed E-state index contributed by atoms with van der Waals surface area (Å²) in [5.74, 6) is 0.975. The smallest absolute Gasteiger partial charge is 0.138 e. The lowest BCUT2D eigenvalue weighted by Crippen LogP contribution is -2.30. The number of aliphatic hydroxyl groups excluding tert-OH is 1. The van der Waals surface area contributed by atoms with E-state index in [4.69, 9.17) is 4.74 Å². The van der Waals surface area contributed by atoms with E-state index in [1.807, 2.05) is 12.1 Å². The lowest BCUT2D eigenvalue weighted by Gasteiger charge is -2.18. The van der Waals surface area contributed by atoms with Crippen molar-refractivity contribution in [3.63, 3.8) is 0 Å². The zero-order valence-corrected chi connectivity index (χ0v) is 10.5. The van der Waals surface area contributed by atoms with Crippen LogP contribution < -0.4 is 10.1 Å². The molecule has 17 heavy (non-hydrogen) atoms. The van der Waals surface area contributed by atoms with Crippen LogP contribution in [0, 0.1) is 0 Å². The lowest BCUT2D eigenvalue weighted by atomic mass is 10.1. The molecule has 4 heteroatoms. The van der Waals surface area contributed by atoms with Crippen molar-refractivity contribution in [1.29, 1.82) is 0 Å². The summed E-state index contributed by atoms with van der Waals surface area (Å²) in [6.45, 7) is 1.38. The maximum atomic E-state index is 9.71. The van der Waals surface area contributed by atoms with E-state index in [0.717, 1.165) is 25.1 Å². The minimum atomic E-state index is -0.378. The lowest BCUT2D eigenvalue weighted by molar-refractivity contribution is 0.0732. The quantitative estimate of drug-likeness (QED) is 0.837. The molecule has 0 spiro atoms. The van der Waals surface area contributed by atoms with Crippen LogP contribution in [0.1, 0.15) is 17.5 Å². The first kappa shape index (κ1) is 12.7. The average molecular weight is 256 g/mol. The van der Waals surface area contributed by atoms with Gasteiger partial charge in [-0.3, -0.25) is 0 Å². The number of aryl methyl sites for hydroxylation is 1. The van der Waals surface area contributed by atoms with Crippen molar-refractivity contribution in [2.75, 3.05) is 13.1 Å². The summed E-state index contributed by atoms with van der Waals surface area (Å²) in [4.78, 5) is 0. The first-order valence-electron chi connectivity index (χ1n) is 6.01. The minimum absolute atomic E-state index is 0. The molecule has 1 aromatic rings. The van der Waals surface area contributed by atoms with Crippen LogP contribution in [0.2, 0.25) is 0 Å². The number of hydrogen-bond acceptors (Lipinski definition) is 3. The van der Waals surface area contributed by atoms with E-state index in [-0.39, 0.29) is 24.6 Å². The molecule has 0 bridgehead atoms. The highest BCUT2D eigenvalue weighted by molar-refractivity contribution is 5.85. The third-order valence-electron chi connectivity index (χ3n) is 3.51. The number of fused-ring (bicyclic) bond motifs is 1. The number of halogens is 1. The second-order valence-electron chi connectivity index (χ2n) is 4.63. The molecule has 1 aliphatic heterocycles. The first-order valence-corrected chi connectivity index (χ1v) is 6.01. The summed E-state index contributed by atoms with van der Waals surface area (Å²) >= 11 is 0. The van der Waals surface area contributed by atoms with Gasteiger partial charge in [0, 0.05) is 13.1 Å². The molecule has 1 saturated heterocycles. The summed E-state index contributed by atoms with van der Waals surface area (Å²) in [7, 11) is 0. The highest BCUT2D eigenvalue weighted by Crippen LogP contribution is 2.31. The largest absolute Gasteiger partial charge is 0.486 e. The number of hydrogen-bond donors (Lipinski definition) is 2. The van der Waals surface area contributed by atoms with E-state index < -0.39 is 0 Å². The monoisotopic (exact) mass is 255 g/mol. The molecule has 94 valence electrons. The molecule has 2 atom stereocenters. The van der Waals surface area contributed by atoms with Gasteiger partial charge in [-0.05, 0) is 36.5 Å². The summed E-state index contributed by atoms with van der Waals surface area (Å²) in [5, 5.41) is 12.8. The van der Waals surface area contributed by atoms with Gasteiger partial charge in [-0.1, -0.05) is 12.1 Å². The van der Waals surface area contributed by atoms with E-state index in [1.54, 1.807) is 0 Å². The molecule has 2 N–H and O–H groups in total. The SMILES string of the molecule is Cl.O[C@@H]1CNC[C@H]1Oc1cccc2c1CCC2. The molecule has 1 fully saturated rings. The highest BCUT2D eigenvalue weighted by atomic mass is 35.5. The molecular formula is C13H18ClNO2.